The minimum Gasteiger partial charge on any atom is -0.469 e. The number of nitrogens with zero attached hydrogens (tertiary/aromatic N) is 4. The molecule has 3 heterocycles. The fourth-order valence-corrected chi connectivity index (χ4v) is 3.36. The van der Waals surface area contributed by atoms with E-state index >= 15 is 0 Å². The van der Waals surface area contributed by atoms with Gasteiger partial charge in [0.25, 0.3) is 11.7 Å². The van der Waals surface area contributed by atoms with Crippen LogP contribution in [0.25, 0.3) is 0 Å². The number of fused-ring (bicyclic) bond motifs is 1. The first kappa shape index (κ1) is 18.5. The summed E-state index contributed by atoms with van der Waals surface area (Å²) in [7, 11) is 0. The van der Waals surface area contributed by atoms with Crippen LogP contribution in [0.1, 0.15) is 11.7 Å². The average molecular weight is 411 g/mol. The van der Waals surface area contributed by atoms with Gasteiger partial charge in [-0.1, -0.05) is 30.3 Å². The van der Waals surface area contributed by atoms with E-state index < -0.39 is 35.2 Å². The zero-order chi connectivity index (χ0) is 20.4. The number of ether oxygens (including phenoxy) is 1. The molecule has 0 spiro atoms. The Kier molecular flexibility index (Phi) is 4.87. The summed E-state index contributed by atoms with van der Waals surface area (Å²) in [5.41, 5.74) is 0.590. The Morgan fingerprint density at radius 1 is 1.28 bits per heavy atom. The lowest BCUT2D eigenvalue weighted by Crippen LogP contribution is -2.45. The molecule has 0 aliphatic carbocycles. The van der Waals surface area contributed by atoms with Crippen LogP contribution in [-0.2, 0) is 9.59 Å². The second kappa shape index (κ2) is 7.64. The maximum atomic E-state index is 13.1. The summed E-state index contributed by atoms with van der Waals surface area (Å²) < 4.78 is 5.76. The van der Waals surface area contributed by atoms with E-state index in [1.54, 1.807) is 35.7 Å². The van der Waals surface area contributed by atoms with E-state index in [0.717, 1.165) is 4.90 Å². The van der Waals surface area contributed by atoms with Gasteiger partial charge in [-0.2, -0.15) is 0 Å². The van der Waals surface area contributed by atoms with Crippen LogP contribution in [0.5, 0.6) is 5.75 Å². The van der Waals surface area contributed by atoms with Crippen molar-refractivity contribution < 1.29 is 19.2 Å². The molecule has 0 bridgehead atoms. The highest BCUT2D eigenvalue weighted by Crippen LogP contribution is 2.38. The monoisotopic (exact) mass is 411 g/mol. The second-order valence-corrected chi connectivity index (χ2v) is 6.86. The van der Waals surface area contributed by atoms with Crippen LogP contribution in [-0.4, -0.2) is 33.3 Å². The number of aromatic nitrogens is 2. The molecular formula is C18H13N5O5S. The number of anilines is 2. The number of nitrogens with one attached hydrogen (secondary N) is 1. The molecule has 146 valence electrons. The minimum atomic E-state index is -1.00. The normalized spacial score (nSPS) is 15.4. The van der Waals surface area contributed by atoms with Crippen molar-refractivity contribution in [1.82, 2.24) is 9.97 Å². The highest BCUT2D eigenvalue weighted by Gasteiger charge is 2.40. The fourth-order valence-electron chi connectivity index (χ4n) is 2.81. The Bertz CT molecular complexity index is 1070. The zero-order valence-electron chi connectivity index (χ0n) is 14.7. The Balaban J connectivity index is 1.69. The van der Waals surface area contributed by atoms with E-state index in [4.69, 9.17) is 4.74 Å². The maximum absolute atomic E-state index is 13.1. The Hall–Kier alpha value is -3.86. The third-order valence-corrected chi connectivity index (χ3v) is 4.77. The van der Waals surface area contributed by atoms with Crippen molar-refractivity contribution in [2.24, 2.45) is 0 Å². The van der Waals surface area contributed by atoms with Crippen molar-refractivity contribution in [2.45, 2.75) is 6.10 Å². The van der Waals surface area contributed by atoms with Gasteiger partial charge in [-0.3, -0.25) is 14.5 Å². The van der Waals surface area contributed by atoms with Crippen molar-refractivity contribution in [3.63, 3.8) is 0 Å². The van der Waals surface area contributed by atoms with Gasteiger partial charge in [0.2, 0.25) is 12.0 Å². The lowest BCUT2D eigenvalue weighted by Gasteiger charge is -2.30. The molecule has 2 amide bonds. The van der Waals surface area contributed by atoms with E-state index in [2.05, 4.69) is 15.3 Å². The average Bonchev–Trinajstić information content (AvgIpc) is 3.23. The van der Waals surface area contributed by atoms with E-state index in [1.165, 1.54) is 29.7 Å². The largest absolute Gasteiger partial charge is 0.469 e. The molecule has 0 radical (unpaired) electrons. The molecule has 1 aromatic carbocycles. The van der Waals surface area contributed by atoms with Gasteiger partial charge < -0.3 is 20.2 Å². The van der Waals surface area contributed by atoms with Crippen LogP contribution in [0.3, 0.4) is 0 Å². The van der Waals surface area contributed by atoms with Crippen LogP contribution in [0.15, 0.2) is 54.0 Å². The van der Waals surface area contributed by atoms with Crippen molar-refractivity contribution in [1.29, 1.82) is 0 Å². The molecule has 1 aliphatic rings. The summed E-state index contributed by atoms with van der Waals surface area (Å²) in [4.78, 5) is 45.0. The summed E-state index contributed by atoms with van der Waals surface area (Å²) in [5, 5.41) is 15.8. The number of hydrogen-bond donors (Lipinski definition) is 1. The number of benzene rings is 1. The standard InChI is InChI=1S/C18H13N5O5S/c24-14(21-18-19-8-9-29-18)10-22-16-12(6-7-13(20-16)23(26)27)28-15(17(22)25)11-4-2-1-3-5-11/h1-9,15H,10H2,(H,19,21,24). The molecule has 1 unspecified atom stereocenters. The van der Waals surface area contributed by atoms with Crippen LogP contribution in [0.4, 0.5) is 16.8 Å². The first-order valence-corrected chi connectivity index (χ1v) is 9.28. The molecule has 10 nitrogen and oxygen atoms in total. The van der Waals surface area contributed by atoms with Crippen LogP contribution < -0.4 is 15.0 Å². The van der Waals surface area contributed by atoms with Gasteiger partial charge in [0, 0.05) is 23.2 Å². The van der Waals surface area contributed by atoms with E-state index in [0.29, 0.717) is 10.7 Å². The van der Waals surface area contributed by atoms with Crippen molar-refractivity contribution in [2.75, 3.05) is 16.8 Å². The molecule has 29 heavy (non-hydrogen) atoms. The van der Waals surface area contributed by atoms with E-state index in [1.807, 2.05) is 0 Å². The van der Waals surface area contributed by atoms with Gasteiger partial charge in [0.05, 0.1) is 0 Å². The minimum absolute atomic E-state index is 0.0781. The third-order valence-electron chi connectivity index (χ3n) is 4.09. The number of thiazole rings is 1. The number of rotatable bonds is 5. The van der Waals surface area contributed by atoms with Gasteiger partial charge in [-0.05, 0) is 16.0 Å². The second-order valence-electron chi connectivity index (χ2n) is 5.97. The number of hydrogen-bond acceptors (Lipinski definition) is 8. The first-order chi connectivity index (χ1) is 14.0. The number of amides is 2. The molecule has 2 aromatic heterocycles. The molecule has 1 atom stereocenters. The summed E-state index contributed by atoms with van der Waals surface area (Å²) >= 11 is 1.23. The summed E-state index contributed by atoms with van der Waals surface area (Å²) in [5.74, 6) is -1.42. The fraction of sp³-hybridized carbons (Fsp3) is 0.111. The highest BCUT2D eigenvalue weighted by molar-refractivity contribution is 7.13. The SMILES string of the molecule is O=C(CN1C(=O)C(c2ccccc2)Oc2ccc([N+](=O)[O-])nc21)Nc1nccs1. The first-order valence-electron chi connectivity index (χ1n) is 8.40. The Morgan fingerprint density at radius 2 is 2.07 bits per heavy atom. The van der Waals surface area contributed by atoms with Crippen LogP contribution in [0, 0.1) is 10.1 Å². The molecule has 0 saturated carbocycles. The van der Waals surface area contributed by atoms with Gasteiger partial charge in [-0.15, -0.1) is 11.3 Å². The van der Waals surface area contributed by atoms with E-state index in [-0.39, 0.29) is 11.6 Å². The van der Waals surface area contributed by atoms with Gasteiger partial charge in [0.15, 0.2) is 10.9 Å². The number of carbonyl (C=O) groups excluding carboxylic acids is 2. The predicted octanol–water partition coefficient (Wildman–Crippen LogP) is 2.55. The van der Waals surface area contributed by atoms with Crippen LogP contribution in [0.2, 0.25) is 0 Å². The quantitative estimate of drug-likeness (QED) is 0.505. The van der Waals surface area contributed by atoms with Crippen LogP contribution >= 0.6 is 11.3 Å². The predicted molar refractivity (Wildman–Crippen MR) is 104 cm³/mol. The van der Waals surface area contributed by atoms with E-state index in [9.17, 15) is 19.7 Å². The zero-order valence-corrected chi connectivity index (χ0v) is 15.5. The molecular weight excluding hydrogens is 398 g/mol. The summed E-state index contributed by atoms with van der Waals surface area (Å²) in [6.07, 6.45) is 0.533. The molecule has 0 fully saturated rings. The Morgan fingerprint density at radius 3 is 2.76 bits per heavy atom. The number of carbonyl (C=O) groups is 2. The van der Waals surface area contributed by atoms with Gasteiger partial charge >= 0.3 is 5.82 Å². The van der Waals surface area contributed by atoms with Crippen molar-refractivity contribution in [3.8, 4) is 5.75 Å². The molecule has 3 aromatic rings. The maximum Gasteiger partial charge on any atom is 0.366 e. The lowest BCUT2D eigenvalue weighted by atomic mass is 10.1. The lowest BCUT2D eigenvalue weighted by molar-refractivity contribution is -0.389. The highest BCUT2D eigenvalue weighted by atomic mass is 32.1. The smallest absolute Gasteiger partial charge is 0.366 e. The Labute approximate surface area is 167 Å². The summed E-state index contributed by atoms with van der Waals surface area (Å²) in [6.45, 7) is -0.397. The van der Waals surface area contributed by atoms with Crippen molar-refractivity contribution in [3.05, 3.63) is 69.7 Å². The number of pyridine rings is 1. The molecule has 4 rings (SSSR count). The third kappa shape index (κ3) is 3.75. The number of nitro groups is 1. The topological polar surface area (TPSA) is 128 Å². The molecule has 1 aliphatic heterocycles. The molecule has 1 N–H and O–H groups in total. The van der Waals surface area contributed by atoms with Gasteiger partial charge in [-0.25, -0.2) is 4.98 Å². The van der Waals surface area contributed by atoms with Gasteiger partial charge in [0.1, 0.15) is 6.54 Å². The molecule has 0 saturated heterocycles. The summed E-state index contributed by atoms with van der Waals surface area (Å²) in [6, 6.07) is 11.3. The van der Waals surface area contributed by atoms with Crippen molar-refractivity contribution >= 4 is 39.9 Å². The molecule has 11 heteroatoms.